The third kappa shape index (κ3) is 2.90. The number of aromatic nitrogens is 1. The highest BCUT2D eigenvalue weighted by atomic mass is 35.5. The zero-order valence-corrected chi connectivity index (χ0v) is 11.4. The van der Waals surface area contributed by atoms with E-state index in [2.05, 4.69) is 0 Å². The highest BCUT2D eigenvalue weighted by molar-refractivity contribution is 6.32. The largest absolute Gasteiger partial charge is 0.508 e. The van der Waals surface area contributed by atoms with E-state index < -0.39 is 0 Å². The van der Waals surface area contributed by atoms with Gasteiger partial charge in [-0.3, -0.25) is 4.79 Å². The van der Waals surface area contributed by atoms with Gasteiger partial charge in [0.25, 0.3) is 5.56 Å². The first-order valence-corrected chi connectivity index (χ1v) is 6.12. The van der Waals surface area contributed by atoms with Crippen LogP contribution in [0.1, 0.15) is 11.3 Å². The maximum absolute atomic E-state index is 11.8. The molecule has 1 heterocycles. The molecule has 1 N–H and O–H groups in total. The first-order valence-electron chi connectivity index (χ1n) is 5.74. The van der Waals surface area contributed by atoms with Gasteiger partial charge in [-0.2, -0.15) is 0 Å². The van der Waals surface area contributed by atoms with Crippen molar-refractivity contribution < 1.29 is 9.84 Å². The lowest BCUT2D eigenvalue weighted by molar-refractivity contribution is 0.414. The van der Waals surface area contributed by atoms with Crippen LogP contribution in [0.3, 0.4) is 0 Å². The van der Waals surface area contributed by atoms with Gasteiger partial charge in [0.05, 0.1) is 18.7 Å². The minimum absolute atomic E-state index is 0.0209. The number of hydrogen-bond donors (Lipinski definition) is 1. The van der Waals surface area contributed by atoms with E-state index >= 15 is 0 Å². The van der Waals surface area contributed by atoms with Crippen LogP contribution in [0.2, 0.25) is 5.02 Å². The van der Waals surface area contributed by atoms with Crippen molar-refractivity contribution >= 4 is 11.6 Å². The van der Waals surface area contributed by atoms with Gasteiger partial charge in [-0.05, 0) is 30.7 Å². The van der Waals surface area contributed by atoms with Crippen molar-refractivity contribution in [1.29, 1.82) is 0 Å². The molecule has 0 amide bonds. The van der Waals surface area contributed by atoms with Crippen LogP contribution in [-0.4, -0.2) is 16.8 Å². The molecule has 0 fully saturated rings. The molecule has 100 valence electrons. The van der Waals surface area contributed by atoms with Crippen LogP contribution in [0.4, 0.5) is 0 Å². The number of pyridine rings is 1. The fourth-order valence-corrected chi connectivity index (χ4v) is 2.09. The lowest BCUT2D eigenvalue weighted by Gasteiger charge is -2.11. The van der Waals surface area contributed by atoms with Crippen molar-refractivity contribution in [2.24, 2.45) is 0 Å². The summed E-state index contributed by atoms with van der Waals surface area (Å²) in [7, 11) is 1.54. The Hall–Kier alpha value is -1.94. The summed E-state index contributed by atoms with van der Waals surface area (Å²) >= 11 is 5.96. The first kappa shape index (κ1) is 13.5. The molecular weight excluding hydrogens is 266 g/mol. The summed E-state index contributed by atoms with van der Waals surface area (Å²) in [5.74, 6) is 0.552. The highest BCUT2D eigenvalue weighted by Gasteiger charge is 2.06. The van der Waals surface area contributed by atoms with E-state index in [0.717, 1.165) is 5.56 Å². The van der Waals surface area contributed by atoms with Crippen molar-refractivity contribution in [3.05, 3.63) is 57.0 Å². The topological polar surface area (TPSA) is 51.5 Å². The van der Waals surface area contributed by atoms with Crippen LogP contribution in [0, 0.1) is 6.92 Å². The zero-order chi connectivity index (χ0) is 14.0. The average molecular weight is 280 g/mol. The molecule has 1 aromatic heterocycles. The van der Waals surface area contributed by atoms with Crippen molar-refractivity contribution in [1.82, 2.24) is 4.57 Å². The molecule has 5 heteroatoms. The molecule has 0 radical (unpaired) electrons. The number of rotatable bonds is 3. The van der Waals surface area contributed by atoms with E-state index in [9.17, 15) is 9.90 Å². The van der Waals surface area contributed by atoms with Crippen LogP contribution < -0.4 is 10.3 Å². The molecule has 1 aromatic carbocycles. The molecule has 0 bridgehead atoms. The minimum Gasteiger partial charge on any atom is -0.508 e. The number of aromatic hydroxyl groups is 1. The summed E-state index contributed by atoms with van der Waals surface area (Å²) in [6.45, 7) is 2.17. The molecule has 0 saturated heterocycles. The Balaban J connectivity index is 2.39. The molecule has 0 atom stereocenters. The van der Waals surface area contributed by atoms with Crippen molar-refractivity contribution in [2.75, 3.05) is 7.11 Å². The number of halogens is 1. The third-order valence-electron chi connectivity index (χ3n) is 2.88. The lowest BCUT2D eigenvalue weighted by atomic mass is 10.2. The fourth-order valence-electron chi connectivity index (χ4n) is 1.90. The molecule has 0 aliphatic rings. The van der Waals surface area contributed by atoms with E-state index in [-0.39, 0.29) is 11.3 Å². The number of nitrogens with zero attached hydrogens (tertiary/aromatic N) is 1. The van der Waals surface area contributed by atoms with Gasteiger partial charge >= 0.3 is 0 Å². The van der Waals surface area contributed by atoms with Crippen molar-refractivity contribution in [3.8, 4) is 11.5 Å². The van der Waals surface area contributed by atoms with Crippen LogP contribution in [0.5, 0.6) is 11.5 Å². The van der Waals surface area contributed by atoms with Gasteiger partial charge in [0.2, 0.25) is 0 Å². The van der Waals surface area contributed by atoms with Crippen LogP contribution in [0.25, 0.3) is 0 Å². The standard InChI is InChI=1S/C14H14ClNO3/c1-9-5-11(17)7-14(18)16(9)8-10-3-4-12(15)13(6-10)19-2/h3-7,17H,8H2,1-2H3. The molecule has 2 rings (SSSR count). The Morgan fingerprint density at radius 3 is 2.68 bits per heavy atom. The molecule has 0 saturated carbocycles. The number of aryl methyl sites for hydroxylation is 1. The molecule has 0 aliphatic carbocycles. The molecule has 0 unspecified atom stereocenters. The van der Waals surface area contributed by atoms with Crippen LogP contribution in [0.15, 0.2) is 35.1 Å². The number of methoxy groups -OCH3 is 1. The molecule has 4 nitrogen and oxygen atoms in total. The van der Waals surface area contributed by atoms with Gasteiger partial charge in [-0.15, -0.1) is 0 Å². The van der Waals surface area contributed by atoms with Crippen LogP contribution in [-0.2, 0) is 6.54 Å². The highest BCUT2D eigenvalue weighted by Crippen LogP contribution is 2.25. The summed E-state index contributed by atoms with van der Waals surface area (Å²) in [4.78, 5) is 11.8. The number of benzene rings is 1. The molecular formula is C14H14ClNO3. The predicted molar refractivity (Wildman–Crippen MR) is 74.2 cm³/mol. The summed E-state index contributed by atoms with van der Waals surface area (Å²) in [5.41, 5.74) is 1.35. The molecule has 0 spiro atoms. The number of ether oxygens (including phenoxy) is 1. The minimum atomic E-state index is -0.244. The second-order valence-corrected chi connectivity index (χ2v) is 4.66. The Morgan fingerprint density at radius 1 is 1.32 bits per heavy atom. The Morgan fingerprint density at radius 2 is 2.05 bits per heavy atom. The summed E-state index contributed by atoms with van der Waals surface area (Å²) in [6.07, 6.45) is 0. The Labute approximate surface area is 115 Å². The molecule has 2 aromatic rings. The van der Waals surface area contributed by atoms with Crippen molar-refractivity contribution in [3.63, 3.8) is 0 Å². The normalized spacial score (nSPS) is 10.5. The first-order chi connectivity index (χ1) is 9.01. The second kappa shape index (κ2) is 5.36. The van der Waals surface area contributed by atoms with Crippen LogP contribution >= 0.6 is 11.6 Å². The van der Waals surface area contributed by atoms with E-state index in [1.807, 2.05) is 6.07 Å². The Bertz CT molecular complexity index is 664. The van der Waals surface area contributed by atoms with E-state index in [4.69, 9.17) is 16.3 Å². The third-order valence-corrected chi connectivity index (χ3v) is 3.19. The SMILES string of the molecule is COc1cc(Cn2c(C)cc(O)cc2=O)ccc1Cl. The quantitative estimate of drug-likeness (QED) is 0.939. The van der Waals surface area contributed by atoms with Gasteiger partial charge in [-0.25, -0.2) is 0 Å². The monoisotopic (exact) mass is 279 g/mol. The van der Waals surface area contributed by atoms with E-state index in [1.165, 1.54) is 6.07 Å². The zero-order valence-electron chi connectivity index (χ0n) is 10.7. The predicted octanol–water partition coefficient (Wildman–Crippen LogP) is 2.57. The maximum Gasteiger partial charge on any atom is 0.254 e. The summed E-state index contributed by atoms with van der Waals surface area (Å²) in [6, 6.07) is 8.11. The van der Waals surface area contributed by atoms with Gasteiger partial charge in [0.1, 0.15) is 11.5 Å². The smallest absolute Gasteiger partial charge is 0.254 e. The van der Waals surface area contributed by atoms with Crippen molar-refractivity contribution in [2.45, 2.75) is 13.5 Å². The second-order valence-electron chi connectivity index (χ2n) is 4.25. The van der Waals surface area contributed by atoms with Gasteiger partial charge < -0.3 is 14.4 Å². The summed E-state index contributed by atoms with van der Waals surface area (Å²) < 4.78 is 6.72. The average Bonchev–Trinajstić information content (AvgIpc) is 2.35. The maximum atomic E-state index is 11.8. The summed E-state index contributed by atoms with van der Waals surface area (Å²) in [5, 5.41) is 9.88. The van der Waals surface area contributed by atoms with Gasteiger partial charge in [-0.1, -0.05) is 17.7 Å². The molecule has 0 aliphatic heterocycles. The van der Waals surface area contributed by atoms with E-state index in [1.54, 1.807) is 36.8 Å². The fraction of sp³-hybridized carbons (Fsp3) is 0.214. The molecule has 19 heavy (non-hydrogen) atoms. The number of hydrogen-bond acceptors (Lipinski definition) is 3. The van der Waals surface area contributed by atoms with Gasteiger partial charge in [0, 0.05) is 11.8 Å². The van der Waals surface area contributed by atoms with E-state index in [0.29, 0.717) is 23.0 Å². The Kier molecular flexibility index (Phi) is 3.81. The lowest BCUT2D eigenvalue weighted by Crippen LogP contribution is -2.21. The van der Waals surface area contributed by atoms with Gasteiger partial charge in [0.15, 0.2) is 0 Å².